The Balaban J connectivity index is 1.42. The molecule has 1 amide bonds. The molecule has 2 atom stereocenters. The highest BCUT2D eigenvalue weighted by molar-refractivity contribution is 5.69. The number of nitrogens with zero attached hydrogens (tertiary/aromatic N) is 1. The van der Waals surface area contributed by atoms with Gasteiger partial charge in [-0.15, -0.1) is 0 Å². The van der Waals surface area contributed by atoms with Gasteiger partial charge < -0.3 is 14.6 Å². The second-order valence-corrected chi connectivity index (χ2v) is 8.49. The molecule has 3 fully saturated rings. The predicted octanol–water partition coefficient (Wildman–Crippen LogP) is 3.89. The number of carbonyl (C=O) groups excluding carboxylic acids is 1. The Bertz CT molecular complexity index is 612. The van der Waals surface area contributed by atoms with E-state index in [2.05, 4.69) is 0 Å². The number of morpholine rings is 1. The lowest BCUT2D eigenvalue weighted by atomic mass is 9.71. The first-order valence-electron chi connectivity index (χ1n) is 10.4. The summed E-state index contributed by atoms with van der Waals surface area (Å²) in [7, 11) is 0. The van der Waals surface area contributed by atoms with E-state index in [1.807, 2.05) is 35.2 Å². The molecule has 2 aliphatic heterocycles. The molecule has 1 aromatic rings. The van der Waals surface area contributed by atoms with Crippen LogP contribution in [0.1, 0.15) is 56.9 Å². The van der Waals surface area contributed by atoms with Gasteiger partial charge in [0.2, 0.25) is 0 Å². The smallest absolute Gasteiger partial charge is 0.410 e. The molecule has 5 nitrogen and oxygen atoms in total. The Kier molecular flexibility index (Phi) is 5.69. The summed E-state index contributed by atoms with van der Waals surface area (Å²) in [5.74, 6) is 0.352. The lowest BCUT2D eigenvalue weighted by Crippen LogP contribution is -2.65. The fourth-order valence-corrected chi connectivity index (χ4v) is 5.25. The maximum Gasteiger partial charge on any atom is 0.410 e. The minimum absolute atomic E-state index is 0.0889. The van der Waals surface area contributed by atoms with E-state index >= 15 is 0 Å². The number of carbonyl (C=O) groups is 1. The topological polar surface area (TPSA) is 59.0 Å². The van der Waals surface area contributed by atoms with Gasteiger partial charge in [-0.3, -0.25) is 4.90 Å². The molecule has 5 heteroatoms. The summed E-state index contributed by atoms with van der Waals surface area (Å²) in [6.45, 7) is 1.27. The second kappa shape index (κ2) is 8.19. The number of benzene rings is 1. The van der Waals surface area contributed by atoms with Gasteiger partial charge in [0.25, 0.3) is 0 Å². The van der Waals surface area contributed by atoms with Crippen LogP contribution in [0.4, 0.5) is 4.79 Å². The zero-order chi connectivity index (χ0) is 18.7. The molecule has 2 heterocycles. The van der Waals surface area contributed by atoms with Crippen molar-refractivity contribution < 1.29 is 19.4 Å². The van der Waals surface area contributed by atoms with Crippen LogP contribution in [0.15, 0.2) is 30.3 Å². The molecule has 2 bridgehead atoms. The van der Waals surface area contributed by atoms with Gasteiger partial charge in [-0.25, -0.2) is 4.79 Å². The van der Waals surface area contributed by atoms with Gasteiger partial charge in [0.05, 0.1) is 30.9 Å². The Labute approximate surface area is 161 Å². The van der Waals surface area contributed by atoms with Crippen LogP contribution in [0.3, 0.4) is 0 Å². The second-order valence-electron chi connectivity index (χ2n) is 8.49. The van der Waals surface area contributed by atoms with Crippen molar-refractivity contribution in [2.45, 2.75) is 75.7 Å². The van der Waals surface area contributed by atoms with Crippen LogP contribution in [0, 0.1) is 5.92 Å². The Morgan fingerprint density at radius 3 is 2.33 bits per heavy atom. The van der Waals surface area contributed by atoms with E-state index in [1.165, 1.54) is 25.7 Å². The average Bonchev–Trinajstić information content (AvgIpc) is 2.96. The minimum atomic E-state index is -0.667. The summed E-state index contributed by atoms with van der Waals surface area (Å²) in [6.07, 6.45) is 8.12. The van der Waals surface area contributed by atoms with Gasteiger partial charge >= 0.3 is 6.09 Å². The normalized spacial score (nSPS) is 32.0. The van der Waals surface area contributed by atoms with Crippen molar-refractivity contribution in [1.82, 2.24) is 4.90 Å². The van der Waals surface area contributed by atoms with Crippen molar-refractivity contribution in [1.29, 1.82) is 0 Å². The standard InChI is InChI=1S/C22H31NO4/c24-21(27-14-17-8-4-3-5-9-17)23-19-12-22(25,13-20(23)16-26-15-19)18-10-6-1-2-7-11-18/h3-5,8-9,18-20,25H,1-2,6-7,10-16H2. The number of aliphatic hydroxyl groups is 1. The summed E-state index contributed by atoms with van der Waals surface area (Å²) in [5.41, 5.74) is 0.318. The molecular formula is C22H31NO4. The van der Waals surface area contributed by atoms with Crippen molar-refractivity contribution in [3.63, 3.8) is 0 Å². The van der Waals surface area contributed by atoms with Crippen molar-refractivity contribution >= 4 is 6.09 Å². The largest absolute Gasteiger partial charge is 0.445 e. The van der Waals surface area contributed by atoms with Gasteiger partial charge in [-0.1, -0.05) is 56.0 Å². The number of piperidine rings is 1. The molecule has 2 saturated heterocycles. The van der Waals surface area contributed by atoms with Crippen LogP contribution in [-0.2, 0) is 16.1 Å². The highest BCUT2D eigenvalue weighted by Gasteiger charge is 2.51. The zero-order valence-corrected chi connectivity index (χ0v) is 16.0. The van der Waals surface area contributed by atoms with Crippen LogP contribution in [0.25, 0.3) is 0 Å². The SMILES string of the molecule is O=C(OCc1ccccc1)N1C2COCC1CC(O)(C1CCCCCC1)C2. The van der Waals surface area contributed by atoms with E-state index < -0.39 is 5.60 Å². The van der Waals surface area contributed by atoms with Crippen LogP contribution in [0.5, 0.6) is 0 Å². The average molecular weight is 373 g/mol. The zero-order valence-electron chi connectivity index (χ0n) is 16.0. The van der Waals surface area contributed by atoms with E-state index in [0.29, 0.717) is 32.0 Å². The summed E-state index contributed by atoms with van der Waals surface area (Å²) in [4.78, 5) is 14.6. The molecule has 4 rings (SSSR count). The molecule has 1 aromatic carbocycles. The van der Waals surface area contributed by atoms with E-state index in [0.717, 1.165) is 18.4 Å². The maximum atomic E-state index is 12.8. The summed E-state index contributed by atoms with van der Waals surface area (Å²) >= 11 is 0. The number of hydrogen-bond donors (Lipinski definition) is 1. The van der Waals surface area contributed by atoms with Crippen molar-refractivity contribution in [3.8, 4) is 0 Å². The van der Waals surface area contributed by atoms with Gasteiger partial charge in [-0.05, 0) is 37.2 Å². The first-order valence-corrected chi connectivity index (χ1v) is 10.4. The van der Waals surface area contributed by atoms with Crippen LogP contribution in [0.2, 0.25) is 0 Å². The van der Waals surface area contributed by atoms with Crippen LogP contribution >= 0.6 is 0 Å². The Morgan fingerprint density at radius 2 is 1.70 bits per heavy atom. The van der Waals surface area contributed by atoms with Gasteiger partial charge in [-0.2, -0.15) is 0 Å². The quantitative estimate of drug-likeness (QED) is 0.817. The molecule has 1 saturated carbocycles. The van der Waals surface area contributed by atoms with Gasteiger partial charge in [0.15, 0.2) is 0 Å². The molecule has 2 unspecified atom stereocenters. The molecule has 0 aromatic heterocycles. The number of amides is 1. The molecule has 27 heavy (non-hydrogen) atoms. The molecule has 148 valence electrons. The van der Waals surface area contributed by atoms with E-state index in [4.69, 9.17) is 9.47 Å². The number of hydrogen-bond acceptors (Lipinski definition) is 4. The van der Waals surface area contributed by atoms with E-state index in [9.17, 15) is 9.90 Å². The van der Waals surface area contributed by atoms with Crippen molar-refractivity contribution in [2.24, 2.45) is 5.92 Å². The van der Waals surface area contributed by atoms with Crippen molar-refractivity contribution in [3.05, 3.63) is 35.9 Å². The third-order valence-corrected chi connectivity index (χ3v) is 6.62. The number of fused-ring (bicyclic) bond motifs is 2. The third-order valence-electron chi connectivity index (χ3n) is 6.62. The lowest BCUT2D eigenvalue weighted by molar-refractivity contribution is -0.155. The fourth-order valence-electron chi connectivity index (χ4n) is 5.25. The van der Waals surface area contributed by atoms with Gasteiger partial charge in [0, 0.05) is 0 Å². The Hall–Kier alpha value is -1.59. The molecular weight excluding hydrogens is 342 g/mol. The fraction of sp³-hybridized carbons (Fsp3) is 0.682. The van der Waals surface area contributed by atoms with Crippen molar-refractivity contribution in [2.75, 3.05) is 13.2 Å². The highest BCUT2D eigenvalue weighted by Crippen LogP contribution is 2.43. The first kappa shape index (κ1) is 18.8. The molecule has 1 aliphatic carbocycles. The molecule has 0 spiro atoms. The molecule has 1 N–H and O–H groups in total. The summed E-state index contributed by atoms with van der Waals surface area (Å²) in [5, 5.41) is 11.5. The van der Waals surface area contributed by atoms with Crippen LogP contribution in [-0.4, -0.2) is 47.0 Å². The summed E-state index contributed by atoms with van der Waals surface area (Å²) in [6, 6.07) is 9.57. The monoisotopic (exact) mass is 373 g/mol. The van der Waals surface area contributed by atoms with Gasteiger partial charge in [0.1, 0.15) is 6.61 Å². The van der Waals surface area contributed by atoms with Crippen LogP contribution < -0.4 is 0 Å². The first-order chi connectivity index (χ1) is 13.2. The number of rotatable bonds is 3. The molecule has 3 aliphatic rings. The molecule has 0 radical (unpaired) electrons. The predicted molar refractivity (Wildman–Crippen MR) is 102 cm³/mol. The third kappa shape index (κ3) is 4.14. The Morgan fingerprint density at radius 1 is 1.07 bits per heavy atom. The summed E-state index contributed by atoms with van der Waals surface area (Å²) < 4.78 is 11.3. The minimum Gasteiger partial charge on any atom is -0.445 e. The number of ether oxygens (including phenoxy) is 2. The highest BCUT2D eigenvalue weighted by atomic mass is 16.6. The van der Waals surface area contributed by atoms with E-state index in [1.54, 1.807) is 0 Å². The maximum absolute atomic E-state index is 12.8. The van der Waals surface area contributed by atoms with E-state index in [-0.39, 0.29) is 24.8 Å². The lowest BCUT2D eigenvalue weighted by Gasteiger charge is -2.53.